The third-order valence-electron chi connectivity index (χ3n) is 2.99. The van der Waals surface area contributed by atoms with E-state index in [4.69, 9.17) is 11.6 Å². The lowest BCUT2D eigenvalue weighted by atomic mass is 10.3. The predicted octanol–water partition coefficient (Wildman–Crippen LogP) is 1.01. The maximum Gasteiger partial charge on any atom is 0.262 e. The lowest BCUT2D eigenvalue weighted by Gasteiger charge is -2.15. The highest BCUT2D eigenvalue weighted by atomic mass is 35.5. The maximum absolute atomic E-state index is 12.5. The van der Waals surface area contributed by atoms with Crippen LogP contribution in [0.25, 0.3) is 0 Å². The first-order valence-electron chi connectivity index (χ1n) is 5.90. The van der Waals surface area contributed by atoms with Gasteiger partial charge in [0.2, 0.25) is 0 Å². The predicted molar refractivity (Wildman–Crippen MR) is 74.7 cm³/mol. The van der Waals surface area contributed by atoms with Crippen LogP contribution in [-0.2, 0) is 29.5 Å². The van der Waals surface area contributed by atoms with Crippen molar-refractivity contribution in [2.45, 2.75) is 24.4 Å². The Labute approximate surface area is 122 Å². The van der Waals surface area contributed by atoms with Crippen LogP contribution in [0.2, 0.25) is 0 Å². The second-order valence-electron chi connectivity index (χ2n) is 4.55. The Balaban J connectivity index is 2.29. The Bertz CT molecular complexity index is 706. The van der Waals surface area contributed by atoms with Crippen LogP contribution in [0.3, 0.4) is 0 Å². The van der Waals surface area contributed by atoms with E-state index < -0.39 is 10.0 Å². The molecule has 2 aromatic rings. The van der Waals surface area contributed by atoms with Crippen LogP contribution in [-0.4, -0.2) is 39.7 Å². The fourth-order valence-electron chi connectivity index (χ4n) is 1.84. The Kier molecular flexibility index (Phi) is 4.17. The van der Waals surface area contributed by atoms with E-state index >= 15 is 0 Å². The van der Waals surface area contributed by atoms with Crippen molar-refractivity contribution in [2.75, 3.05) is 7.05 Å². The van der Waals surface area contributed by atoms with Gasteiger partial charge in [-0.25, -0.2) is 8.42 Å². The third-order valence-corrected chi connectivity index (χ3v) is 5.03. The van der Waals surface area contributed by atoms with Crippen LogP contribution >= 0.6 is 11.6 Å². The molecule has 2 rings (SSSR count). The number of halogens is 1. The van der Waals surface area contributed by atoms with E-state index in [-0.39, 0.29) is 17.5 Å². The lowest BCUT2D eigenvalue weighted by Crippen LogP contribution is -2.27. The third kappa shape index (κ3) is 2.72. The molecule has 2 heterocycles. The van der Waals surface area contributed by atoms with E-state index in [2.05, 4.69) is 15.3 Å². The first-order chi connectivity index (χ1) is 9.36. The standard InChI is InChI=1S/C11H16ClN5O2S/c1-8-10(4-12)11(15-14-8)20(18,19)17(3)7-9-5-13-16(2)6-9/h5-6H,4,7H2,1-3H3,(H,14,15). The Morgan fingerprint density at radius 1 is 1.50 bits per heavy atom. The Hall–Kier alpha value is -1.38. The van der Waals surface area contributed by atoms with Crippen molar-refractivity contribution >= 4 is 21.6 Å². The van der Waals surface area contributed by atoms with E-state index in [0.29, 0.717) is 11.3 Å². The van der Waals surface area contributed by atoms with Gasteiger partial charge in [0.25, 0.3) is 10.0 Å². The van der Waals surface area contributed by atoms with Crippen LogP contribution in [0.1, 0.15) is 16.8 Å². The lowest BCUT2D eigenvalue weighted by molar-refractivity contribution is 0.463. The van der Waals surface area contributed by atoms with Crippen LogP contribution < -0.4 is 0 Å². The number of alkyl halides is 1. The fraction of sp³-hybridized carbons (Fsp3) is 0.455. The van der Waals surface area contributed by atoms with Crippen LogP contribution in [0.4, 0.5) is 0 Å². The molecule has 0 bridgehead atoms. The highest BCUT2D eigenvalue weighted by molar-refractivity contribution is 7.89. The van der Waals surface area contributed by atoms with Gasteiger partial charge in [0.15, 0.2) is 5.03 Å². The summed E-state index contributed by atoms with van der Waals surface area (Å²) < 4.78 is 27.8. The van der Waals surface area contributed by atoms with Crippen molar-refractivity contribution in [1.29, 1.82) is 0 Å². The molecule has 1 N–H and O–H groups in total. The molecular formula is C11H16ClN5O2S. The van der Waals surface area contributed by atoms with Gasteiger partial charge in [0, 0.05) is 43.7 Å². The van der Waals surface area contributed by atoms with E-state index in [1.165, 1.54) is 11.4 Å². The summed E-state index contributed by atoms with van der Waals surface area (Å²) in [6.07, 6.45) is 3.40. The van der Waals surface area contributed by atoms with E-state index in [0.717, 1.165) is 5.56 Å². The Morgan fingerprint density at radius 2 is 2.20 bits per heavy atom. The summed E-state index contributed by atoms with van der Waals surface area (Å²) in [4.78, 5) is 0. The van der Waals surface area contributed by atoms with Gasteiger partial charge in [0.05, 0.1) is 12.1 Å². The summed E-state index contributed by atoms with van der Waals surface area (Å²) in [5, 5.41) is 10.5. The molecule has 0 aliphatic heterocycles. The molecule has 0 aromatic carbocycles. The van der Waals surface area contributed by atoms with Crippen molar-refractivity contribution in [1.82, 2.24) is 24.3 Å². The molecule has 0 unspecified atom stereocenters. The summed E-state index contributed by atoms with van der Waals surface area (Å²) in [6, 6.07) is 0. The van der Waals surface area contributed by atoms with Crippen molar-refractivity contribution in [3.05, 3.63) is 29.2 Å². The molecule has 0 amide bonds. The zero-order valence-corrected chi connectivity index (χ0v) is 13.0. The molecule has 0 saturated carbocycles. The minimum atomic E-state index is -3.68. The molecule has 0 atom stereocenters. The molecular weight excluding hydrogens is 302 g/mol. The van der Waals surface area contributed by atoms with Crippen LogP contribution in [0, 0.1) is 6.92 Å². The average molecular weight is 318 g/mol. The number of sulfonamides is 1. The quantitative estimate of drug-likeness (QED) is 0.834. The van der Waals surface area contributed by atoms with E-state index in [1.54, 1.807) is 31.0 Å². The highest BCUT2D eigenvalue weighted by Gasteiger charge is 2.28. The molecule has 2 aromatic heterocycles. The molecule has 9 heteroatoms. The number of aryl methyl sites for hydroxylation is 2. The van der Waals surface area contributed by atoms with Gasteiger partial charge in [-0.05, 0) is 6.92 Å². The molecule has 0 fully saturated rings. The van der Waals surface area contributed by atoms with Gasteiger partial charge in [0.1, 0.15) is 0 Å². The summed E-state index contributed by atoms with van der Waals surface area (Å²) in [5.41, 5.74) is 1.97. The molecule has 0 radical (unpaired) electrons. The SMILES string of the molecule is Cc1[nH]nc(S(=O)(=O)N(C)Cc2cnn(C)c2)c1CCl. The summed E-state index contributed by atoms with van der Waals surface area (Å²) in [6.45, 7) is 1.97. The average Bonchev–Trinajstić information content (AvgIpc) is 2.95. The van der Waals surface area contributed by atoms with Gasteiger partial charge in [-0.1, -0.05) is 0 Å². The topological polar surface area (TPSA) is 83.9 Å². The number of hydrogen-bond acceptors (Lipinski definition) is 4. The van der Waals surface area contributed by atoms with Crippen molar-refractivity contribution < 1.29 is 8.42 Å². The van der Waals surface area contributed by atoms with Crippen molar-refractivity contribution in [2.24, 2.45) is 7.05 Å². The van der Waals surface area contributed by atoms with Gasteiger partial charge < -0.3 is 0 Å². The van der Waals surface area contributed by atoms with Gasteiger partial charge in [-0.2, -0.15) is 14.5 Å². The number of H-pyrrole nitrogens is 1. The monoisotopic (exact) mass is 317 g/mol. The molecule has 0 aliphatic rings. The first-order valence-corrected chi connectivity index (χ1v) is 7.87. The van der Waals surface area contributed by atoms with Gasteiger partial charge in [-0.15, -0.1) is 11.6 Å². The van der Waals surface area contributed by atoms with Crippen LogP contribution in [0.5, 0.6) is 0 Å². The van der Waals surface area contributed by atoms with E-state index in [9.17, 15) is 8.42 Å². The van der Waals surface area contributed by atoms with Crippen LogP contribution in [0.15, 0.2) is 17.4 Å². The smallest absolute Gasteiger partial charge is 0.262 e. The number of aromatic nitrogens is 4. The normalized spacial score (nSPS) is 12.2. The zero-order chi connectivity index (χ0) is 14.9. The maximum atomic E-state index is 12.5. The number of nitrogens with zero attached hydrogens (tertiary/aromatic N) is 4. The first kappa shape index (κ1) is 15.0. The number of nitrogens with one attached hydrogen (secondary N) is 1. The minimum absolute atomic E-state index is 0.0172. The second kappa shape index (κ2) is 5.55. The van der Waals surface area contributed by atoms with Gasteiger partial charge in [-0.3, -0.25) is 9.78 Å². The van der Waals surface area contributed by atoms with Crippen molar-refractivity contribution in [3.8, 4) is 0 Å². The molecule has 0 saturated heterocycles. The zero-order valence-electron chi connectivity index (χ0n) is 11.5. The fourth-order valence-corrected chi connectivity index (χ4v) is 3.56. The second-order valence-corrected chi connectivity index (χ2v) is 6.78. The molecule has 0 spiro atoms. The summed E-state index contributed by atoms with van der Waals surface area (Å²) in [5.74, 6) is 0.0949. The minimum Gasteiger partial charge on any atom is -0.281 e. The molecule has 20 heavy (non-hydrogen) atoms. The van der Waals surface area contributed by atoms with E-state index in [1.807, 2.05) is 0 Å². The van der Waals surface area contributed by atoms with Gasteiger partial charge >= 0.3 is 0 Å². The largest absolute Gasteiger partial charge is 0.281 e. The van der Waals surface area contributed by atoms with Crippen molar-refractivity contribution in [3.63, 3.8) is 0 Å². The molecule has 110 valence electrons. The summed E-state index contributed by atoms with van der Waals surface area (Å²) in [7, 11) is -0.398. The Morgan fingerprint density at radius 3 is 2.75 bits per heavy atom. The number of aromatic amines is 1. The number of hydrogen-bond donors (Lipinski definition) is 1. The summed E-state index contributed by atoms with van der Waals surface area (Å²) >= 11 is 5.80. The molecule has 0 aliphatic carbocycles. The highest BCUT2D eigenvalue weighted by Crippen LogP contribution is 2.22. The number of rotatable bonds is 5. The molecule has 7 nitrogen and oxygen atoms in total.